The number of esters is 1. The lowest BCUT2D eigenvalue weighted by Gasteiger charge is -2.05. The maximum atomic E-state index is 11.3. The zero-order valence-electron chi connectivity index (χ0n) is 8.41. The van der Waals surface area contributed by atoms with E-state index in [-0.39, 0.29) is 5.69 Å². The molecule has 0 aliphatic rings. The molecule has 0 atom stereocenters. The van der Waals surface area contributed by atoms with Crippen molar-refractivity contribution in [2.45, 2.75) is 20.3 Å². The number of nitrogen functional groups attached to an aromatic ring is 1. The highest BCUT2D eigenvalue weighted by Gasteiger charge is 2.12. The van der Waals surface area contributed by atoms with Crippen LogP contribution in [-0.2, 0) is 4.74 Å². The van der Waals surface area contributed by atoms with E-state index in [4.69, 9.17) is 10.5 Å². The topological polar surface area (TPSA) is 81.0 Å². The van der Waals surface area contributed by atoms with Crippen LogP contribution in [0.5, 0.6) is 0 Å². The number of aromatic nitrogens is 2. The van der Waals surface area contributed by atoms with E-state index in [9.17, 15) is 4.79 Å². The molecule has 0 unspecified atom stereocenters. The summed E-state index contributed by atoms with van der Waals surface area (Å²) in [4.78, 5) is 11.3. The van der Waals surface area contributed by atoms with Crippen molar-refractivity contribution in [3.8, 4) is 0 Å². The second-order valence-electron chi connectivity index (χ2n) is 3.52. The van der Waals surface area contributed by atoms with E-state index in [0.29, 0.717) is 18.2 Å². The lowest BCUT2D eigenvalue weighted by atomic mass is 10.1. The van der Waals surface area contributed by atoms with Crippen LogP contribution in [0.15, 0.2) is 6.20 Å². The first-order valence-corrected chi connectivity index (χ1v) is 4.57. The first-order chi connectivity index (χ1) is 6.61. The van der Waals surface area contributed by atoms with Gasteiger partial charge in [-0.1, -0.05) is 13.8 Å². The minimum absolute atomic E-state index is 0.230. The fourth-order valence-electron chi connectivity index (χ4n) is 0.918. The zero-order valence-corrected chi connectivity index (χ0v) is 8.41. The van der Waals surface area contributed by atoms with E-state index in [2.05, 4.69) is 24.0 Å². The third-order valence-corrected chi connectivity index (χ3v) is 1.80. The summed E-state index contributed by atoms with van der Waals surface area (Å²) in [6, 6.07) is 0. The van der Waals surface area contributed by atoms with Crippen LogP contribution >= 0.6 is 0 Å². The fourth-order valence-corrected chi connectivity index (χ4v) is 0.918. The molecule has 1 rings (SSSR count). The summed E-state index contributed by atoms with van der Waals surface area (Å²) in [6.07, 6.45) is 2.23. The quantitative estimate of drug-likeness (QED) is 0.710. The molecule has 0 saturated heterocycles. The standard InChI is InChI=1S/C9H15N3O2/c1-6(2)3-4-14-9(13)8-7(10)5-11-12-8/h5-6H,3-4,10H2,1-2H3,(H,11,12). The van der Waals surface area contributed by atoms with Crippen molar-refractivity contribution in [1.29, 1.82) is 0 Å². The van der Waals surface area contributed by atoms with Crippen molar-refractivity contribution in [2.75, 3.05) is 12.3 Å². The van der Waals surface area contributed by atoms with Crippen molar-refractivity contribution in [3.63, 3.8) is 0 Å². The first kappa shape index (κ1) is 10.6. The number of hydrogen-bond donors (Lipinski definition) is 2. The molecule has 0 aliphatic carbocycles. The van der Waals surface area contributed by atoms with Crippen LogP contribution in [0, 0.1) is 5.92 Å². The first-order valence-electron chi connectivity index (χ1n) is 4.57. The van der Waals surface area contributed by atoms with Crippen molar-refractivity contribution >= 4 is 11.7 Å². The van der Waals surface area contributed by atoms with E-state index in [1.54, 1.807) is 0 Å². The summed E-state index contributed by atoms with van der Waals surface area (Å²) >= 11 is 0. The number of rotatable bonds is 4. The van der Waals surface area contributed by atoms with Gasteiger partial charge in [0.05, 0.1) is 18.5 Å². The molecule has 5 nitrogen and oxygen atoms in total. The predicted octanol–water partition coefficient (Wildman–Crippen LogP) is 1.19. The molecule has 0 radical (unpaired) electrons. The van der Waals surface area contributed by atoms with Crippen molar-refractivity contribution in [1.82, 2.24) is 10.2 Å². The Kier molecular flexibility index (Phi) is 3.50. The molecular weight excluding hydrogens is 182 g/mol. The fraction of sp³-hybridized carbons (Fsp3) is 0.556. The number of aromatic amines is 1. The predicted molar refractivity (Wildman–Crippen MR) is 52.7 cm³/mol. The van der Waals surface area contributed by atoms with Gasteiger partial charge in [0.15, 0.2) is 5.69 Å². The molecule has 0 bridgehead atoms. The number of nitrogens with one attached hydrogen (secondary N) is 1. The largest absolute Gasteiger partial charge is 0.461 e. The van der Waals surface area contributed by atoms with E-state index in [0.717, 1.165) is 6.42 Å². The van der Waals surface area contributed by atoms with Gasteiger partial charge in [-0.3, -0.25) is 5.10 Å². The molecular formula is C9H15N3O2. The van der Waals surface area contributed by atoms with Gasteiger partial charge in [0.25, 0.3) is 0 Å². The summed E-state index contributed by atoms with van der Waals surface area (Å²) in [5.41, 5.74) is 6.03. The minimum Gasteiger partial charge on any atom is -0.461 e. The molecule has 0 aliphatic heterocycles. The van der Waals surface area contributed by atoms with Gasteiger partial charge < -0.3 is 10.5 Å². The molecule has 3 N–H and O–H groups in total. The van der Waals surface area contributed by atoms with Crippen molar-refractivity contribution < 1.29 is 9.53 Å². The van der Waals surface area contributed by atoms with Gasteiger partial charge in [0.2, 0.25) is 0 Å². The number of nitrogens with zero attached hydrogens (tertiary/aromatic N) is 1. The third-order valence-electron chi connectivity index (χ3n) is 1.80. The number of carbonyl (C=O) groups excluding carboxylic acids is 1. The maximum absolute atomic E-state index is 11.3. The van der Waals surface area contributed by atoms with Crippen molar-refractivity contribution in [2.24, 2.45) is 5.92 Å². The monoisotopic (exact) mass is 197 g/mol. The molecule has 1 heterocycles. The minimum atomic E-state index is -0.444. The third kappa shape index (κ3) is 2.76. The van der Waals surface area contributed by atoms with Gasteiger partial charge >= 0.3 is 5.97 Å². The number of hydrogen-bond acceptors (Lipinski definition) is 4. The molecule has 78 valence electrons. The summed E-state index contributed by atoms with van der Waals surface area (Å²) in [6.45, 7) is 4.55. The van der Waals surface area contributed by atoms with Crippen LogP contribution < -0.4 is 5.73 Å². The Bertz CT molecular complexity index is 307. The van der Waals surface area contributed by atoms with E-state index in [1.807, 2.05) is 0 Å². The molecule has 14 heavy (non-hydrogen) atoms. The Labute approximate surface area is 82.6 Å². The second-order valence-corrected chi connectivity index (χ2v) is 3.52. The van der Waals surface area contributed by atoms with Crippen LogP contribution in [0.25, 0.3) is 0 Å². The van der Waals surface area contributed by atoms with Crippen LogP contribution in [-0.4, -0.2) is 22.8 Å². The Morgan fingerprint density at radius 2 is 2.43 bits per heavy atom. The molecule has 0 fully saturated rings. The molecule has 0 aromatic carbocycles. The Hall–Kier alpha value is -1.52. The van der Waals surface area contributed by atoms with Gasteiger partial charge in [-0.05, 0) is 12.3 Å². The van der Waals surface area contributed by atoms with Gasteiger partial charge in [-0.2, -0.15) is 5.10 Å². The van der Waals surface area contributed by atoms with Crippen LogP contribution in [0.4, 0.5) is 5.69 Å². The Morgan fingerprint density at radius 3 is 2.93 bits per heavy atom. The average molecular weight is 197 g/mol. The van der Waals surface area contributed by atoms with Gasteiger partial charge in [-0.25, -0.2) is 4.79 Å². The summed E-state index contributed by atoms with van der Waals surface area (Å²) < 4.78 is 4.99. The lowest BCUT2D eigenvalue weighted by molar-refractivity contribution is 0.0482. The number of carbonyl (C=O) groups is 1. The molecule has 1 aromatic rings. The van der Waals surface area contributed by atoms with Crippen LogP contribution in [0.1, 0.15) is 30.8 Å². The molecule has 0 amide bonds. The number of nitrogens with two attached hydrogens (primary N) is 1. The smallest absolute Gasteiger partial charge is 0.358 e. The van der Waals surface area contributed by atoms with Crippen molar-refractivity contribution in [3.05, 3.63) is 11.9 Å². The van der Waals surface area contributed by atoms with Gasteiger partial charge in [-0.15, -0.1) is 0 Å². The van der Waals surface area contributed by atoms with Gasteiger partial charge in [0, 0.05) is 0 Å². The highest BCUT2D eigenvalue weighted by molar-refractivity contribution is 5.92. The molecule has 1 aromatic heterocycles. The number of anilines is 1. The highest BCUT2D eigenvalue weighted by Crippen LogP contribution is 2.08. The normalized spacial score (nSPS) is 10.5. The SMILES string of the molecule is CC(C)CCOC(=O)c1[nH]ncc1N. The molecule has 5 heteroatoms. The average Bonchev–Trinajstić information content (AvgIpc) is 2.50. The summed E-state index contributed by atoms with van der Waals surface area (Å²) in [7, 11) is 0. The van der Waals surface area contributed by atoms with E-state index < -0.39 is 5.97 Å². The molecule has 0 saturated carbocycles. The second kappa shape index (κ2) is 4.64. The number of ether oxygens (including phenoxy) is 1. The van der Waals surface area contributed by atoms with Crippen LogP contribution in [0.2, 0.25) is 0 Å². The maximum Gasteiger partial charge on any atom is 0.358 e. The van der Waals surface area contributed by atoms with Crippen LogP contribution in [0.3, 0.4) is 0 Å². The lowest BCUT2D eigenvalue weighted by Crippen LogP contribution is -2.10. The highest BCUT2D eigenvalue weighted by atomic mass is 16.5. The van der Waals surface area contributed by atoms with E-state index in [1.165, 1.54) is 6.20 Å². The zero-order chi connectivity index (χ0) is 10.6. The van der Waals surface area contributed by atoms with E-state index >= 15 is 0 Å². The molecule has 0 spiro atoms. The number of H-pyrrole nitrogens is 1. The Morgan fingerprint density at radius 1 is 1.71 bits per heavy atom. The Balaban J connectivity index is 2.40. The summed E-state index contributed by atoms with van der Waals surface area (Å²) in [5.74, 6) is 0.0718. The summed E-state index contributed by atoms with van der Waals surface area (Å²) in [5, 5.41) is 6.13. The van der Waals surface area contributed by atoms with Gasteiger partial charge in [0.1, 0.15) is 0 Å².